The number of hydrogen-bond donors (Lipinski definition) is 0. The molecule has 2 aliphatic heterocycles. The molecular formula is C14H22N4O3. The third kappa shape index (κ3) is 2.19. The highest BCUT2D eigenvalue weighted by Crippen LogP contribution is 2.43. The Morgan fingerprint density at radius 3 is 2.81 bits per heavy atom. The van der Waals surface area contributed by atoms with Crippen molar-refractivity contribution in [1.82, 2.24) is 20.0 Å². The van der Waals surface area contributed by atoms with Crippen LogP contribution < -0.4 is 0 Å². The van der Waals surface area contributed by atoms with Crippen molar-refractivity contribution in [2.75, 3.05) is 40.4 Å². The van der Waals surface area contributed by atoms with Crippen LogP contribution in [0.15, 0.2) is 4.42 Å². The van der Waals surface area contributed by atoms with E-state index in [1.807, 2.05) is 18.7 Å². The molecule has 0 N–H and O–H groups in total. The summed E-state index contributed by atoms with van der Waals surface area (Å²) in [5, 5.41) is 8.38. The summed E-state index contributed by atoms with van der Waals surface area (Å²) in [6.45, 7) is 6.47. The number of hydrogen-bond acceptors (Lipinski definition) is 5. The van der Waals surface area contributed by atoms with Gasteiger partial charge < -0.3 is 19.0 Å². The number of likely N-dealkylation sites (tertiary alicyclic amines) is 1. The van der Waals surface area contributed by atoms with Gasteiger partial charge in [-0.2, -0.15) is 0 Å². The summed E-state index contributed by atoms with van der Waals surface area (Å²) in [4.78, 5) is 15.7. The summed E-state index contributed by atoms with van der Waals surface area (Å²) < 4.78 is 11.5. The Hall–Kier alpha value is -1.63. The summed E-state index contributed by atoms with van der Waals surface area (Å²) in [7, 11) is 3.53. The lowest BCUT2D eigenvalue weighted by Crippen LogP contribution is -2.41. The third-order valence-corrected chi connectivity index (χ3v) is 4.39. The Morgan fingerprint density at radius 1 is 1.43 bits per heavy atom. The molecule has 7 nitrogen and oxygen atoms in total. The predicted molar refractivity (Wildman–Crippen MR) is 75.0 cm³/mol. The van der Waals surface area contributed by atoms with E-state index in [9.17, 15) is 4.79 Å². The SMILES string of the molecule is CC(C)c1nnc([C@@]23COC[C@@H]2CN(C(=O)N(C)C)C3)o1. The monoisotopic (exact) mass is 294 g/mol. The van der Waals surface area contributed by atoms with Crippen LogP contribution >= 0.6 is 0 Å². The summed E-state index contributed by atoms with van der Waals surface area (Å²) in [5.74, 6) is 1.68. The maximum atomic E-state index is 12.2. The highest BCUT2D eigenvalue weighted by molar-refractivity contribution is 5.74. The zero-order chi connectivity index (χ0) is 15.2. The van der Waals surface area contributed by atoms with Crippen molar-refractivity contribution in [1.29, 1.82) is 0 Å². The van der Waals surface area contributed by atoms with Crippen molar-refractivity contribution in [2.24, 2.45) is 5.92 Å². The van der Waals surface area contributed by atoms with Gasteiger partial charge in [0.15, 0.2) is 0 Å². The fourth-order valence-corrected chi connectivity index (χ4v) is 3.14. The topological polar surface area (TPSA) is 71.7 Å². The van der Waals surface area contributed by atoms with E-state index < -0.39 is 0 Å². The summed E-state index contributed by atoms with van der Waals surface area (Å²) in [6, 6.07) is 0.0207. The van der Waals surface area contributed by atoms with E-state index in [0.717, 1.165) is 0 Å². The Kier molecular flexibility index (Phi) is 3.39. The van der Waals surface area contributed by atoms with Crippen molar-refractivity contribution in [3.8, 4) is 0 Å². The number of carbonyl (C=O) groups excluding carboxylic acids is 1. The third-order valence-electron chi connectivity index (χ3n) is 4.39. The Labute approximate surface area is 124 Å². The molecule has 0 aromatic carbocycles. The van der Waals surface area contributed by atoms with Crippen LogP contribution in [-0.4, -0.2) is 66.4 Å². The molecule has 0 unspecified atom stereocenters. The minimum Gasteiger partial charge on any atom is -0.424 e. The van der Waals surface area contributed by atoms with Gasteiger partial charge in [-0.15, -0.1) is 10.2 Å². The quantitative estimate of drug-likeness (QED) is 0.816. The lowest BCUT2D eigenvalue weighted by molar-refractivity contribution is 0.135. The van der Waals surface area contributed by atoms with Crippen LogP contribution in [0, 0.1) is 5.92 Å². The Balaban J connectivity index is 1.89. The first-order chi connectivity index (χ1) is 9.94. The van der Waals surface area contributed by atoms with E-state index in [0.29, 0.717) is 38.1 Å². The molecular weight excluding hydrogens is 272 g/mol. The van der Waals surface area contributed by atoms with Gasteiger partial charge in [-0.25, -0.2) is 4.79 Å². The molecule has 1 aromatic heterocycles. The number of rotatable bonds is 2. The van der Waals surface area contributed by atoms with Gasteiger partial charge in [-0.1, -0.05) is 13.8 Å². The highest BCUT2D eigenvalue weighted by Gasteiger charge is 2.56. The van der Waals surface area contributed by atoms with E-state index in [2.05, 4.69) is 10.2 Å². The first-order valence-corrected chi connectivity index (χ1v) is 7.32. The van der Waals surface area contributed by atoms with Crippen molar-refractivity contribution in [3.63, 3.8) is 0 Å². The Bertz CT molecular complexity index is 542. The molecule has 116 valence electrons. The minimum absolute atomic E-state index is 0.0207. The van der Waals surface area contributed by atoms with Crippen LogP contribution in [0.4, 0.5) is 4.79 Å². The first-order valence-electron chi connectivity index (χ1n) is 7.32. The zero-order valence-corrected chi connectivity index (χ0v) is 13.0. The van der Waals surface area contributed by atoms with Gasteiger partial charge in [0.25, 0.3) is 0 Å². The van der Waals surface area contributed by atoms with Crippen LogP contribution in [0.25, 0.3) is 0 Å². The fourth-order valence-electron chi connectivity index (χ4n) is 3.14. The predicted octanol–water partition coefficient (Wildman–Crippen LogP) is 1.07. The van der Waals surface area contributed by atoms with Crippen molar-refractivity contribution >= 4 is 6.03 Å². The largest absolute Gasteiger partial charge is 0.424 e. The molecule has 21 heavy (non-hydrogen) atoms. The number of amides is 2. The number of fused-ring (bicyclic) bond motifs is 1. The molecule has 3 heterocycles. The number of aromatic nitrogens is 2. The van der Waals surface area contributed by atoms with Crippen LogP contribution in [0.5, 0.6) is 0 Å². The van der Waals surface area contributed by atoms with E-state index in [1.54, 1.807) is 19.0 Å². The molecule has 0 aliphatic carbocycles. The minimum atomic E-state index is -0.341. The molecule has 7 heteroatoms. The lowest BCUT2D eigenvalue weighted by atomic mass is 9.81. The standard InChI is InChI=1S/C14H22N4O3/c1-9(2)11-15-16-12(21-11)14-7-18(13(19)17(3)4)5-10(14)6-20-8-14/h9-10H,5-8H2,1-4H3/t10-,14-/m0/s1. The van der Waals surface area contributed by atoms with Gasteiger partial charge in [-0.3, -0.25) is 0 Å². The zero-order valence-electron chi connectivity index (χ0n) is 13.0. The number of carbonyl (C=O) groups is 1. The molecule has 0 bridgehead atoms. The van der Waals surface area contributed by atoms with Crippen LogP contribution in [0.1, 0.15) is 31.5 Å². The van der Waals surface area contributed by atoms with Gasteiger partial charge in [0.1, 0.15) is 0 Å². The number of urea groups is 1. The molecule has 2 atom stereocenters. The molecule has 3 rings (SSSR count). The molecule has 2 fully saturated rings. The van der Waals surface area contributed by atoms with Crippen LogP contribution in [-0.2, 0) is 10.2 Å². The maximum absolute atomic E-state index is 12.2. The molecule has 0 radical (unpaired) electrons. The van der Waals surface area contributed by atoms with Crippen LogP contribution in [0.2, 0.25) is 0 Å². The number of nitrogens with zero attached hydrogens (tertiary/aromatic N) is 4. The van der Waals surface area contributed by atoms with E-state index in [1.165, 1.54) is 0 Å². The second-order valence-corrected chi connectivity index (χ2v) is 6.53. The van der Waals surface area contributed by atoms with Gasteiger partial charge in [0, 0.05) is 39.0 Å². The van der Waals surface area contributed by atoms with E-state index >= 15 is 0 Å². The second-order valence-electron chi connectivity index (χ2n) is 6.53. The van der Waals surface area contributed by atoms with E-state index in [4.69, 9.17) is 9.15 Å². The second kappa shape index (κ2) is 4.98. The lowest BCUT2D eigenvalue weighted by Gasteiger charge is -2.24. The van der Waals surface area contributed by atoms with Gasteiger partial charge in [-0.05, 0) is 0 Å². The van der Waals surface area contributed by atoms with Gasteiger partial charge >= 0.3 is 6.03 Å². The maximum Gasteiger partial charge on any atom is 0.319 e. The molecule has 2 aliphatic rings. The van der Waals surface area contributed by atoms with Crippen molar-refractivity contribution < 1.29 is 13.9 Å². The molecule has 2 amide bonds. The average Bonchev–Trinajstić information content (AvgIpc) is 3.10. The Morgan fingerprint density at radius 2 is 2.19 bits per heavy atom. The molecule has 0 spiro atoms. The van der Waals surface area contributed by atoms with Crippen LogP contribution in [0.3, 0.4) is 0 Å². The van der Waals surface area contributed by atoms with Crippen molar-refractivity contribution in [2.45, 2.75) is 25.2 Å². The number of ether oxygens (including phenoxy) is 1. The first kappa shape index (κ1) is 14.3. The summed E-state index contributed by atoms with van der Waals surface area (Å²) in [6.07, 6.45) is 0. The fraction of sp³-hybridized carbons (Fsp3) is 0.786. The average molecular weight is 294 g/mol. The molecule has 1 aromatic rings. The van der Waals surface area contributed by atoms with Gasteiger partial charge in [0.2, 0.25) is 11.8 Å². The molecule has 0 saturated carbocycles. The summed E-state index contributed by atoms with van der Waals surface area (Å²) >= 11 is 0. The van der Waals surface area contributed by atoms with Crippen molar-refractivity contribution in [3.05, 3.63) is 11.8 Å². The normalized spacial score (nSPS) is 28.2. The van der Waals surface area contributed by atoms with Gasteiger partial charge in [0.05, 0.1) is 18.6 Å². The smallest absolute Gasteiger partial charge is 0.319 e. The summed E-state index contributed by atoms with van der Waals surface area (Å²) in [5.41, 5.74) is -0.341. The highest BCUT2D eigenvalue weighted by atomic mass is 16.5. The molecule has 2 saturated heterocycles. The van der Waals surface area contributed by atoms with E-state index in [-0.39, 0.29) is 23.3 Å².